The van der Waals surface area contributed by atoms with Gasteiger partial charge in [0, 0.05) is 0 Å². The maximum absolute atomic E-state index is 10.9. The lowest BCUT2D eigenvalue weighted by Crippen LogP contribution is -2.00. The van der Waals surface area contributed by atoms with E-state index in [0.717, 1.165) is 11.3 Å². The zero-order valence-electron chi connectivity index (χ0n) is 6.27. The first kappa shape index (κ1) is 9.37. The minimum Gasteiger partial charge on any atom is -0.465 e. The molecule has 1 rings (SSSR count). The summed E-state index contributed by atoms with van der Waals surface area (Å²) in [6.07, 6.45) is 0. The normalized spacial score (nSPS) is 12.5. The van der Waals surface area contributed by atoms with Crippen LogP contribution in [0.1, 0.15) is 9.67 Å². The highest BCUT2D eigenvalue weighted by atomic mass is 32.2. The van der Waals surface area contributed by atoms with Crippen molar-refractivity contribution in [1.82, 2.24) is 0 Å². The Hall–Kier alpha value is -0.720. The summed E-state index contributed by atoms with van der Waals surface area (Å²) in [7, 11) is -0.223. The zero-order valence-corrected chi connectivity index (χ0v) is 7.91. The third-order valence-corrected chi connectivity index (χ3v) is 3.30. The largest absolute Gasteiger partial charge is 0.465 e. The van der Waals surface area contributed by atoms with Crippen LogP contribution in [0.5, 0.6) is 0 Å². The predicted octanol–water partition coefficient (Wildman–Crippen LogP) is 0.516. The van der Waals surface area contributed by atoms with Crippen molar-refractivity contribution < 1.29 is 13.7 Å². The van der Waals surface area contributed by atoms with Crippen molar-refractivity contribution in [3.8, 4) is 0 Å². The van der Waals surface area contributed by atoms with Crippen LogP contribution in [0.15, 0.2) is 16.3 Å². The average molecular weight is 205 g/mol. The van der Waals surface area contributed by atoms with Crippen molar-refractivity contribution >= 4 is 28.3 Å². The lowest BCUT2D eigenvalue weighted by molar-refractivity contribution is 0.0606. The van der Waals surface area contributed by atoms with Gasteiger partial charge in [-0.3, -0.25) is 0 Å². The van der Waals surface area contributed by atoms with Crippen LogP contribution in [0.2, 0.25) is 0 Å². The van der Waals surface area contributed by atoms with Gasteiger partial charge in [0.15, 0.2) is 0 Å². The van der Waals surface area contributed by atoms with E-state index in [1.807, 2.05) is 0 Å². The van der Waals surface area contributed by atoms with E-state index in [-0.39, 0.29) is 0 Å². The van der Waals surface area contributed by atoms with Crippen LogP contribution in [-0.4, -0.2) is 17.3 Å². The van der Waals surface area contributed by atoms with Gasteiger partial charge in [-0.05, 0) is 12.1 Å². The molecule has 0 aliphatic carbocycles. The second-order valence-electron chi connectivity index (χ2n) is 1.91. The van der Waals surface area contributed by atoms with Crippen LogP contribution in [0.4, 0.5) is 0 Å². The molecule has 1 atom stereocenters. The molecule has 1 aromatic heterocycles. The molecule has 0 amide bonds. The van der Waals surface area contributed by atoms with E-state index >= 15 is 0 Å². The Bertz CT molecular complexity index is 320. The fourth-order valence-electron chi connectivity index (χ4n) is 0.639. The van der Waals surface area contributed by atoms with Gasteiger partial charge in [0.2, 0.25) is 0 Å². The molecule has 0 saturated heterocycles. The molecule has 66 valence electrons. The molecular formula is C6H7NO3S2. The Labute approximate surface area is 75.9 Å². The Morgan fingerprint density at radius 1 is 1.67 bits per heavy atom. The average Bonchev–Trinajstić information content (AvgIpc) is 2.51. The van der Waals surface area contributed by atoms with Gasteiger partial charge in [-0.2, -0.15) is 0 Å². The molecule has 0 aromatic carbocycles. The highest BCUT2D eigenvalue weighted by molar-refractivity contribution is 7.85. The highest BCUT2D eigenvalue weighted by Crippen LogP contribution is 2.18. The zero-order chi connectivity index (χ0) is 9.14. The van der Waals surface area contributed by atoms with E-state index in [1.165, 1.54) is 13.2 Å². The molecule has 0 aliphatic rings. The van der Waals surface area contributed by atoms with Gasteiger partial charge in [-0.15, -0.1) is 11.3 Å². The number of esters is 1. The molecule has 1 aromatic rings. The van der Waals surface area contributed by atoms with Crippen molar-refractivity contribution in [2.75, 3.05) is 7.11 Å². The van der Waals surface area contributed by atoms with Gasteiger partial charge in [-0.25, -0.2) is 14.1 Å². The molecule has 0 fully saturated rings. The molecule has 0 saturated carbocycles. The second kappa shape index (κ2) is 3.79. The molecule has 1 unspecified atom stereocenters. The van der Waals surface area contributed by atoms with E-state index in [2.05, 4.69) is 4.74 Å². The first-order chi connectivity index (χ1) is 5.65. The van der Waals surface area contributed by atoms with Crippen LogP contribution < -0.4 is 5.14 Å². The minimum atomic E-state index is -1.52. The summed E-state index contributed by atoms with van der Waals surface area (Å²) < 4.78 is 15.6. The number of nitrogens with two attached hydrogens (primary N) is 1. The Morgan fingerprint density at radius 3 is 2.75 bits per heavy atom. The van der Waals surface area contributed by atoms with Gasteiger partial charge in [0.05, 0.1) is 7.11 Å². The van der Waals surface area contributed by atoms with Crippen LogP contribution in [0.3, 0.4) is 0 Å². The molecule has 1 heterocycles. The van der Waals surface area contributed by atoms with Crippen molar-refractivity contribution in [1.29, 1.82) is 0 Å². The van der Waals surface area contributed by atoms with Crippen molar-refractivity contribution in [3.63, 3.8) is 0 Å². The van der Waals surface area contributed by atoms with Gasteiger partial charge < -0.3 is 4.74 Å². The Kier molecular flexibility index (Phi) is 2.96. The number of hydrogen-bond donors (Lipinski definition) is 1. The minimum absolute atomic E-state index is 0.409. The fourth-order valence-corrected chi connectivity index (χ4v) is 2.09. The predicted molar refractivity (Wildman–Crippen MR) is 46.3 cm³/mol. The fraction of sp³-hybridized carbons (Fsp3) is 0.167. The number of carbonyl (C=O) groups excluding carboxylic acids is 1. The molecule has 0 aliphatic heterocycles. The summed E-state index contributed by atoms with van der Waals surface area (Å²) >= 11 is 1.07. The van der Waals surface area contributed by atoms with Crippen molar-refractivity contribution in [2.24, 2.45) is 5.14 Å². The molecule has 4 nitrogen and oxygen atoms in total. The van der Waals surface area contributed by atoms with E-state index in [4.69, 9.17) is 5.14 Å². The summed E-state index contributed by atoms with van der Waals surface area (Å²) in [6.45, 7) is 0. The van der Waals surface area contributed by atoms with E-state index < -0.39 is 17.0 Å². The lowest BCUT2D eigenvalue weighted by atomic mass is 10.5. The first-order valence-corrected chi connectivity index (χ1v) is 5.02. The second-order valence-corrected chi connectivity index (χ2v) is 4.28. The lowest BCUT2D eigenvalue weighted by Gasteiger charge is -1.91. The van der Waals surface area contributed by atoms with Crippen molar-refractivity contribution in [3.05, 3.63) is 17.0 Å². The van der Waals surface area contributed by atoms with Crippen LogP contribution in [0, 0.1) is 0 Å². The van der Waals surface area contributed by atoms with Gasteiger partial charge in [-0.1, -0.05) is 0 Å². The third kappa shape index (κ3) is 1.90. The number of hydrogen-bond acceptors (Lipinski definition) is 4. The summed E-state index contributed by atoms with van der Waals surface area (Å²) in [5.74, 6) is -0.434. The Balaban J connectivity index is 2.91. The standard InChI is InChI=1S/C6H7NO3S2/c1-10-6(8)4-2-3-5(11-4)12(7)9/h2-3H,7H2,1H3. The highest BCUT2D eigenvalue weighted by Gasteiger charge is 2.10. The van der Waals surface area contributed by atoms with Gasteiger partial charge in [0.1, 0.15) is 20.1 Å². The summed E-state index contributed by atoms with van der Waals surface area (Å²) in [6, 6.07) is 3.09. The first-order valence-electron chi connectivity index (χ1n) is 2.99. The maximum atomic E-state index is 10.9. The molecule has 6 heteroatoms. The summed E-state index contributed by atoms with van der Waals surface area (Å²) in [5.41, 5.74) is 0. The van der Waals surface area contributed by atoms with Gasteiger partial charge in [0.25, 0.3) is 0 Å². The van der Waals surface area contributed by atoms with Crippen LogP contribution in [-0.2, 0) is 15.7 Å². The molecule has 2 N–H and O–H groups in total. The SMILES string of the molecule is COC(=O)c1ccc(S(N)=O)s1. The molecule has 0 spiro atoms. The number of thiophene rings is 1. The number of carbonyl (C=O) groups is 1. The van der Waals surface area contributed by atoms with E-state index in [9.17, 15) is 9.00 Å². The number of rotatable bonds is 2. The van der Waals surface area contributed by atoms with Crippen molar-refractivity contribution in [2.45, 2.75) is 4.21 Å². The third-order valence-electron chi connectivity index (χ3n) is 1.17. The Morgan fingerprint density at radius 2 is 2.33 bits per heavy atom. The molecular weight excluding hydrogens is 198 g/mol. The van der Waals surface area contributed by atoms with Gasteiger partial charge >= 0.3 is 5.97 Å². The quantitative estimate of drug-likeness (QED) is 0.715. The van der Waals surface area contributed by atoms with Crippen LogP contribution >= 0.6 is 11.3 Å². The molecule has 0 radical (unpaired) electrons. The molecule has 12 heavy (non-hydrogen) atoms. The maximum Gasteiger partial charge on any atom is 0.348 e. The van der Waals surface area contributed by atoms with E-state index in [1.54, 1.807) is 6.07 Å². The van der Waals surface area contributed by atoms with E-state index in [0.29, 0.717) is 9.09 Å². The smallest absolute Gasteiger partial charge is 0.348 e. The molecule has 0 bridgehead atoms. The summed E-state index contributed by atoms with van der Waals surface area (Å²) in [4.78, 5) is 11.3. The summed E-state index contributed by atoms with van der Waals surface area (Å²) in [5, 5.41) is 5.10. The monoisotopic (exact) mass is 205 g/mol. The van der Waals surface area contributed by atoms with Crippen LogP contribution in [0.25, 0.3) is 0 Å². The number of methoxy groups -OCH3 is 1. The topological polar surface area (TPSA) is 69.4 Å². The number of ether oxygens (including phenoxy) is 1.